The van der Waals surface area contributed by atoms with Crippen molar-refractivity contribution in [1.82, 2.24) is 0 Å². The van der Waals surface area contributed by atoms with Crippen LogP contribution in [0.15, 0.2) is 24.3 Å². The van der Waals surface area contributed by atoms with Crippen LogP contribution in [0.3, 0.4) is 0 Å². The Morgan fingerprint density at radius 2 is 1.94 bits per heavy atom. The largest absolute Gasteiger partial charge is 0.435 e. The van der Waals surface area contributed by atoms with Gasteiger partial charge in [0, 0.05) is 0 Å². The van der Waals surface area contributed by atoms with E-state index in [0.29, 0.717) is 17.9 Å². The highest BCUT2D eigenvalue weighted by atomic mass is 19.3. The minimum Gasteiger partial charge on any atom is -0.435 e. The molecule has 0 fully saturated rings. The Labute approximate surface area is 107 Å². The summed E-state index contributed by atoms with van der Waals surface area (Å²) in [7, 11) is 0. The third-order valence-corrected chi connectivity index (χ3v) is 2.73. The molecule has 0 aliphatic heterocycles. The van der Waals surface area contributed by atoms with Crippen LogP contribution < -0.4 is 4.74 Å². The highest BCUT2D eigenvalue weighted by Gasteiger charge is 2.10. The van der Waals surface area contributed by atoms with E-state index in [2.05, 4.69) is 18.6 Å². The van der Waals surface area contributed by atoms with Crippen LogP contribution >= 0.6 is 0 Å². The molecule has 0 aliphatic carbocycles. The lowest BCUT2D eigenvalue weighted by Gasteiger charge is -2.13. The minimum atomic E-state index is -2.83. The zero-order chi connectivity index (χ0) is 13.5. The van der Waals surface area contributed by atoms with Gasteiger partial charge in [0.2, 0.25) is 0 Å². The zero-order valence-corrected chi connectivity index (χ0v) is 10.8. The molecule has 1 aromatic rings. The van der Waals surface area contributed by atoms with Crippen molar-refractivity contribution in [3.8, 4) is 5.75 Å². The van der Waals surface area contributed by atoms with Gasteiger partial charge in [0.05, 0.1) is 6.10 Å². The van der Waals surface area contributed by atoms with Gasteiger partial charge in [-0.1, -0.05) is 38.8 Å². The van der Waals surface area contributed by atoms with Gasteiger partial charge < -0.3 is 9.84 Å². The minimum absolute atomic E-state index is 0.0883. The summed E-state index contributed by atoms with van der Waals surface area (Å²) in [5.74, 6) is 0.691. The molecule has 2 nitrogen and oxygen atoms in total. The van der Waals surface area contributed by atoms with Gasteiger partial charge in [-0.05, 0) is 30.0 Å². The summed E-state index contributed by atoms with van der Waals surface area (Å²) in [5, 5.41) is 9.95. The standard InChI is InChI=1S/C14H20F2O2/c1-10(2)5-3-8-13(17)11-6-4-7-12(9-11)18-14(15)16/h4,6-7,9-10,13-14,17H,3,5,8H2,1-2H3. The summed E-state index contributed by atoms with van der Waals surface area (Å²) in [5.41, 5.74) is 0.622. The van der Waals surface area contributed by atoms with Crippen molar-refractivity contribution in [3.63, 3.8) is 0 Å². The first-order valence-corrected chi connectivity index (χ1v) is 6.22. The molecule has 1 atom stereocenters. The number of aliphatic hydroxyl groups is 1. The Kier molecular flexibility index (Phi) is 6.05. The van der Waals surface area contributed by atoms with Crippen LogP contribution in [0.2, 0.25) is 0 Å². The summed E-state index contributed by atoms with van der Waals surface area (Å²) in [6.45, 7) is 1.42. The van der Waals surface area contributed by atoms with E-state index in [4.69, 9.17) is 0 Å². The number of alkyl halides is 2. The van der Waals surface area contributed by atoms with Crippen LogP contribution in [-0.4, -0.2) is 11.7 Å². The van der Waals surface area contributed by atoms with Crippen LogP contribution in [-0.2, 0) is 0 Å². The lowest BCUT2D eigenvalue weighted by atomic mass is 10.00. The molecule has 0 radical (unpaired) electrons. The fourth-order valence-corrected chi connectivity index (χ4v) is 1.78. The molecule has 1 rings (SSSR count). The highest BCUT2D eigenvalue weighted by molar-refractivity contribution is 5.29. The molecule has 0 amide bonds. The molecule has 0 spiro atoms. The fraction of sp³-hybridized carbons (Fsp3) is 0.571. The van der Waals surface area contributed by atoms with Gasteiger partial charge in [0.25, 0.3) is 0 Å². The molecule has 0 heterocycles. The highest BCUT2D eigenvalue weighted by Crippen LogP contribution is 2.24. The number of aliphatic hydroxyl groups excluding tert-OH is 1. The van der Waals surface area contributed by atoms with Crippen LogP contribution in [0.5, 0.6) is 5.75 Å². The molecule has 1 aromatic carbocycles. The first-order chi connectivity index (χ1) is 8.49. The second-order valence-electron chi connectivity index (χ2n) is 4.79. The first kappa shape index (κ1) is 14.9. The van der Waals surface area contributed by atoms with Crippen LogP contribution in [0, 0.1) is 5.92 Å². The Hall–Kier alpha value is -1.16. The summed E-state index contributed by atoms with van der Waals surface area (Å²) < 4.78 is 28.4. The quantitative estimate of drug-likeness (QED) is 0.796. The lowest BCUT2D eigenvalue weighted by molar-refractivity contribution is -0.0499. The van der Waals surface area contributed by atoms with E-state index in [1.54, 1.807) is 12.1 Å². The van der Waals surface area contributed by atoms with Gasteiger partial charge in [-0.3, -0.25) is 0 Å². The maximum atomic E-state index is 12.1. The van der Waals surface area contributed by atoms with Gasteiger partial charge in [-0.2, -0.15) is 8.78 Å². The van der Waals surface area contributed by atoms with Crippen molar-refractivity contribution < 1.29 is 18.6 Å². The molecular weight excluding hydrogens is 238 g/mol. The van der Waals surface area contributed by atoms with E-state index in [1.807, 2.05) is 0 Å². The van der Waals surface area contributed by atoms with Crippen LogP contribution in [0.4, 0.5) is 8.78 Å². The van der Waals surface area contributed by atoms with Gasteiger partial charge in [0.15, 0.2) is 0 Å². The van der Waals surface area contributed by atoms with E-state index < -0.39 is 12.7 Å². The van der Waals surface area contributed by atoms with E-state index in [9.17, 15) is 13.9 Å². The van der Waals surface area contributed by atoms with Crippen molar-refractivity contribution in [1.29, 1.82) is 0 Å². The number of rotatable bonds is 7. The fourth-order valence-electron chi connectivity index (χ4n) is 1.78. The topological polar surface area (TPSA) is 29.5 Å². The predicted octanol–water partition coefficient (Wildman–Crippen LogP) is 4.15. The monoisotopic (exact) mass is 258 g/mol. The molecule has 18 heavy (non-hydrogen) atoms. The lowest BCUT2D eigenvalue weighted by Crippen LogP contribution is -2.03. The Balaban J connectivity index is 2.54. The number of hydrogen-bond donors (Lipinski definition) is 1. The third-order valence-electron chi connectivity index (χ3n) is 2.73. The Bertz CT molecular complexity index is 353. The number of halogens is 2. The van der Waals surface area contributed by atoms with Gasteiger partial charge in [0.1, 0.15) is 5.75 Å². The molecule has 0 aromatic heterocycles. The summed E-state index contributed by atoms with van der Waals surface area (Å²) >= 11 is 0. The van der Waals surface area contributed by atoms with Crippen LogP contribution in [0.25, 0.3) is 0 Å². The van der Waals surface area contributed by atoms with E-state index in [1.165, 1.54) is 12.1 Å². The second kappa shape index (κ2) is 7.31. The van der Waals surface area contributed by atoms with Crippen LogP contribution in [0.1, 0.15) is 44.8 Å². The summed E-state index contributed by atoms with van der Waals surface area (Å²) in [6.07, 6.45) is 1.98. The zero-order valence-electron chi connectivity index (χ0n) is 10.8. The second-order valence-corrected chi connectivity index (χ2v) is 4.79. The molecule has 1 N–H and O–H groups in total. The average molecular weight is 258 g/mol. The van der Waals surface area contributed by atoms with Crippen molar-refractivity contribution >= 4 is 0 Å². The predicted molar refractivity (Wildman–Crippen MR) is 66.7 cm³/mol. The van der Waals surface area contributed by atoms with Crippen molar-refractivity contribution in [3.05, 3.63) is 29.8 Å². The molecular formula is C14H20F2O2. The number of ether oxygens (including phenoxy) is 1. The average Bonchev–Trinajstić information content (AvgIpc) is 2.27. The van der Waals surface area contributed by atoms with Gasteiger partial charge in [-0.15, -0.1) is 0 Å². The molecule has 102 valence electrons. The Morgan fingerprint density at radius 1 is 1.22 bits per heavy atom. The SMILES string of the molecule is CC(C)CCCC(O)c1cccc(OC(F)F)c1. The van der Waals surface area contributed by atoms with E-state index in [-0.39, 0.29) is 5.75 Å². The third kappa shape index (κ3) is 5.45. The number of hydrogen-bond acceptors (Lipinski definition) is 2. The molecule has 1 unspecified atom stereocenters. The molecule has 0 saturated heterocycles. The van der Waals surface area contributed by atoms with Crippen molar-refractivity contribution in [2.45, 2.75) is 45.8 Å². The smallest absolute Gasteiger partial charge is 0.387 e. The molecule has 0 aliphatic rings. The van der Waals surface area contributed by atoms with Crippen molar-refractivity contribution in [2.24, 2.45) is 5.92 Å². The van der Waals surface area contributed by atoms with E-state index in [0.717, 1.165) is 12.8 Å². The Morgan fingerprint density at radius 3 is 2.56 bits per heavy atom. The summed E-state index contributed by atoms with van der Waals surface area (Å²) in [4.78, 5) is 0. The first-order valence-electron chi connectivity index (χ1n) is 6.22. The molecule has 0 saturated carbocycles. The normalized spacial score (nSPS) is 13.1. The van der Waals surface area contributed by atoms with Gasteiger partial charge in [-0.25, -0.2) is 0 Å². The maximum Gasteiger partial charge on any atom is 0.387 e. The maximum absolute atomic E-state index is 12.1. The van der Waals surface area contributed by atoms with E-state index >= 15 is 0 Å². The summed E-state index contributed by atoms with van der Waals surface area (Å²) in [6, 6.07) is 6.25. The molecule has 4 heteroatoms. The van der Waals surface area contributed by atoms with Gasteiger partial charge >= 0.3 is 6.61 Å². The van der Waals surface area contributed by atoms with Crippen molar-refractivity contribution in [2.75, 3.05) is 0 Å². The number of benzene rings is 1. The molecule has 0 bridgehead atoms.